The van der Waals surface area contributed by atoms with Crippen LogP contribution >= 0.6 is 0 Å². The molecule has 0 fully saturated rings. The summed E-state index contributed by atoms with van der Waals surface area (Å²) in [6.07, 6.45) is 3.29. The van der Waals surface area contributed by atoms with Gasteiger partial charge < -0.3 is 9.47 Å². The van der Waals surface area contributed by atoms with E-state index in [9.17, 15) is 9.00 Å². The summed E-state index contributed by atoms with van der Waals surface area (Å²) in [6, 6.07) is 22.0. The van der Waals surface area contributed by atoms with Crippen molar-refractivity contribution in [3.05, 3.63) is 89.5 Å². The van der Waals surface area contributed by atoms with E-state index in [1.54, 1.807) is 31.4 Å². The zero-order valence-corrected chi connectivity index (χ0v) is 19.1. The smallest absolute Gasteiger partial charge is 0.194 e. The average molecular weight is 447 g/mol. The van der Waals surface area contributed by atoms with Gasteiger partial charge >= 0.3 is 0 Å². The summed E-state index contributed by atoms with van der Waals surface area (Å²) >= 11 is 0. The van der Waals surface area contributed by atoms with Crippen LogP contribution in [0.5, 0.6) is 11.5 Å². The number of carbonyl (C=O) groups excluding carboxylic acids is 1. The molecule has 3 aromatic carbocycles. The van der Waals surface area contributed by atoms with Gasteiger partial charge in [0, 0.05) is 16.7 Å². The van der Waals surface area contributed by atoms with Gasteiger partial charge in [-0.1, -0.05) is 50.1 Å². The summed E-state index contributed by atoms with van der Waals surface area (Å²) in [7, 11) is 0.0929. The Bertz CT molecular complexity index is 1160. The SMILES string of the molecule is CCCCCOc1ccc(C(=O)C2=C(c3ccccc3)S(=O)c3cc(OC)ccc32)cc1. The van der Waals surface area contributed by atoms with Crippen LogP contribution in [0, 0.1) is 0 Å². The molecule has 4 rings (SSSR count). The Morgan fingerprint density at radius 1 is 0.906 bits per heavy atom. The number of ether oxygens (including phenoxy) is 2. The molecule has 0 spiro atoms. The van der Waals surface area contributed by atoms with Gasteiger partial charge in [0.2, 0.25) is 0 Å². The molecule has 4 nitrogen and oxygen atoms in total. The monoisotopic (exact) mass is 446 g/mol. The highest BCUT2D eigenvalue weighted by molar-refractivity contribution is 7.95. The minimum Gasteiger partial charge on any atom is -0.497 e. The lowest BCUT2D eigenvalue weighted by Gasteiger charge is -2.09. The van der Waals surface area contributed by atoms with Crippen LogP contribution in [-0.4, -0.2) is 23.7 Å². The zero-order chi connectivity index (χ0) is 22.5. The number of methoxy groups -OCH3 is 1. The molecular formula is C27H26O4S. The summed E-state index contributed by atoms with van der Waals surface area (Å²) in [5, 5.41) is 0. The fraction of sp³-hybridized carbons (Fsp3) is 0.222. The van der Waals surface area contributed by atoms with E-state index >= 15 is 0 Å². The van der Waals surface area contributed by atoms with Gasteiger partial charge in [-0.05, 0) is 54.4 Å². The van der Waals surface area contributed by atoms with Crippen molar-refractivity contribution in [2.45, 2.75) is 31.1 Å². The molecule has 5 heteroatoms. The Morgan fingerprint density at radius 2 is 1.62 bits per heavy atom. The standard InChI is InChI=1S/C27H26O4S/c1-3-4-8-17-31-21-13-11-19(12-14-21)26(28)25-23-16-15-22(30-2)18-24(23)32(29)27(25)20-9-6-5-7-10-20/h5-7,9-16,18H,3-4,8,17H2,1-2H3. The fourth-order valence-corrected chi connectivity index (χ4v) is 5.32. The summed E-state index contributed by atoms with van der Waals surface area (Å²) in [5.74, 6) is 1.21. The number of hydrogen-bond acceptors (Lipinski definition) is 4. The second kappa shape index (κ2) is 9.96. The van der Waals surface area contributed by atoms with Gasteiger partial charge in [-0.15, -0.1) is 0 Å². The highest BCUT2D eigenvalue weighted by Gasteiger charge is 2.34. The zero-order valence-electron chi connectivity index (χ0n) is 18.3. The van der Waals surface area contributed by atoms with Crippen LogP contribution in [0.2, 0.25) is 0 Å². The predicted octanol–water partition coefficient (Wildman–Crippen LogP) is 6.14. The third-order valence-electron chi connectivity index (χ3n) is 5.47. The molecule has 32 heavy (non-hydrogen) atoms. The van der Waals surface area contributed by atoms with E-state index in [-0.39, 0.29) is 5.78 Å². The predicted molar refractivity (Wildman–Crippen MR) is 128 cm³/mol. The van der Waals surface area contributed by atoms with Crippen LogP contribution in [-0.2, 0) is 10.8 Å². The first kappa shape index (κ1) is 22.0. The number of unbranched alkanes of at least 4 members (excludes halogenated alkanes) is 2. The maximum atomic E-state index is 13.6. The highest BCUT2D eigenvalue weighted by atomic mass is 32.2. The molecule has 164 valence electrons. The van der Waals surface area contributed by atoms with Gasteiger partial charge in [0.1, 0.15) is 11.5 Å². The lowest BCUT2D eigenvalue weighted by molar-refractivity contribution is 0.105. The number of allylic oxidation sites excluding steroid dienone is 1. The van der Waals surface area contributed by atoms with Crippen molar-refractivity contribution >= 4 is 27.1 Å². The fourth-order valence-electron chi connectivity index (χ4n) is 3.77. The van der Waals surface area contributed by atoms with Gasteiger partial charge in [0.15, 0.2) is 5.78 Å². The van der Waals surface area contributed by atoms with Crippen molar-refractivity contribution in [3.8, 4) is 11.5 Å². The molecule has 0 N–H and O–H groups in total. The molecule has 0 radical (unpaired) electrons. The van der Waals surface area contributed by atoms with Gasteiger partial charge in [-0.2, -0.15) is 0 Å². The molecule has 3 aromatic rings. The molecule has 0 saturated carbocycles. The van der Waals surface area contributed by atoms with E-state index in [1.807, 2.05) is 48.5 Å². The lowest BCUT2D eigenvalue weighted by atomic mass is 9.94. The van der Waals surface area contributed by atoms with E-state index in [0.717, 1.165) is 30.6 Å². The molecule has 0 aromatic heterocycles. The third-order valence-corrected chi connectivity index (χ3v) is 7.01. The number of ketones is 1. The van der Waals surface area contributed by atoms with E-state index < -0.39 is 10.8 Å². The first-order valence-corrected chi connectivity index (χ1v) is 12.0. The first-order valence-electron chi connectivity index (χ1n) is 10.8. The molecule has 0 aliphatic carbocycles. The highest BCUT2D eigenvalue weighted by Crippen LogP contribution is 2.44. The molecule has 1 aliphatic rings. The Balaban J connectivity index is 1.71. The lowest BCUT2D eigenvalue weighted by Crippen LogP contribution is -2.04. The van der Waals surface area contributed by atoms with Crippen LogP contribution in [0.3, 0.4) is 0 Å². The largest absolute Gasteiger partial charge is 0.497 e. The molecule has 1 atom stereocenters. The van der Waals surface area contributed by atoms with Gasteiger partial charge in [-0.3, -0.25) is 4.79 Å². The molecule has 0 amide bonds. The number of rotatable bonds is 9. The molecule has 0 bridgehead atoms. The van der Waals surface area contributed by atoms with Crippen LogP contribution < -0.4 is 9.47 Å². The van der Waals surface area contributed by atoms with Gasteiger partial charge in [0.05, 0.1) is 34.3 Å². The topological polar surface area (TPSA) is 52.6 Å². The number of benzene rings is 3. The minimum atomic E-state index is -1.48. The summed E-state index contributed by atoms with van der Waals surface area (Å²) in [6.45, 7) is 2.82. The summed E-state index contributed by atoms with van der Waals surface area (Å²) < 4.78 is 24.6. The van der Waals surface area contributed by atoms with E-state index in [1.165, 1.54) is 0 Å². The minimum absolute atomic E-state index is 0.154. The second-order valence-corrected chi connectivity index (χ2v) is 9.00. The Kier molecular flexibility index (Phi) is 6.86. The average Bonchev–Trinajstić information content (AvgIpc) is 3.14. The van der Waals surface area contributed by atoms with E-state index in [0.29, 0.717) is 38.9 Å². The summed E-state index contributed by atoms with van der Waals surface area (Å²) in [5.41, 5.74) is 2.48. The van der Waals surface area contributed by atoms with Crippen LogP contribution in [0.15, 0.2) is 77.7 Å². The van der Waals surface area contributed by atoms with Gasteiger partial charge in [0.25, 0.3) is 0 Å². The quantitative estimate of drug-likeness (QED) is 0.293. The maximum Gasteiger partial charge on any atom is 0.194 e. The van der Waals surface area contributed by atoms with Crippen LogP contribution in [0.1, 0.15) is 47.7 Å². The summed E-state index contributed by atoms with van der Waals surface area (Å²) in [4.78, 5) is 14.8. The second-order valence-electron chi connectivity index (χ2n) is 7.61. The third kappa shape index (κ3) is 4.39. The number of fused-ring (bicyclic) bond motifs is 1. The molecule has 1 aliphatic heterocycles. The van der Waals surface area contributed by atoms with Crippen molar-refractivity contribution < 1.29 is 18.5 Å². The molecule has 1 unspecified atom stereocenters. The van der Waals surface area contributed by atoms with Gasteiger partial charge in [-0.25, -0.2) is 4.21 Å². The van der Waals surface area contributed by atoms with Crippen LogP contribution in [0.4, 0.5) is 0 Å². The first-order chi connectivity index (χ1) is 15.6. The van der Waals surface area contributed by atoms with Crippen molar-refractivity contribution in [2.24, 2.45) is 0 Å². The molecular weight excluding hydrogens is 420 g/mol. The number of hydrogen-bond donors (Lipinski definition) is 0. The Labute approximate surface area is 191 Å². The van der Waals surface area contributed by atoms with Crippen LogP contribution in [0.25, 0.3) is 10.5 Å². The van der Waals surface area contributed by atoms with Crippen molar-refractivity contribution in [2.75, 3.05) is 13.7 Å². The molecule has 1 heterocycles. The van der Waals surface area contributed by atoms with E-state index in [4.69, 9.17) is 9.47 Å². The Hall–Kier alpha value is -3.18. The number of Topliss-reactive ketones (excluding diaryl/α,β-unsaturated/α-hetero) is 1. The normalized spacial score (nSPS) is 14.9. The Morgan fingerprint density at radius 3 is 2.31 bits per heavy atom. The maximum absolute atomic E-state index is 13.6. The number of carbonyl (C=O) groups is 1. The van der Waals surface area contributed by atoms with E-state index in [2.05, 4.69) is 6.92 Å². The van der Waals surface area contributed by atoms with Crippen molar-refractivity contribution in [3.63, 3.8) is 0 Å². The van der Waals surface area contributed by atoms with Crippen molar-refractivity contribution in [1.82, 2.24) is 0 Å². The molecule has 0 saturated heterocycles. The van der Waals surface area contributed by atoms with Crippen molar-refractivity contribution in [1.29, 1.82) is 0 Å².